The molecule has 0 aromatic carbocycles. The number of pyridine rings is 1. The number of fused-ring (bicyclic) bond motifs is 1. The van der Waals surface area contributed by atoms with Crippen molar-refractivity contribution in [3.8, 4) is 0 Å². The van der Waals surface area contributed by atoms with E-state index in [0.29, 0.717) is 0 Å². The molecule has 1 aromatic rings. The standard InChI is InChI=1S/C9H10N2O2S/c1-4-5-2-14-3-6(5)7(9(12)13)8(10)11-4/h2-3H2,1H3,(H2,10,11)(H,12,13). The summed E-state index contributed by atoms with van der Waals surface area (Å²) in [5, 5.41) is 8.99. The van der Waals surface area contributed by atoms with Gasteiger partial charge in [-0.2, -0.15) is 11.8 Å². The van der Waals surface area contributed by atoms with Gasteiger partial charge in [0.1, 0.15) is 11.4 Å². The number of carbonyl (C=O) groups is 1. The normalized spacial score (nSPS) is 14.1. The highest BCUT2D eigenvalue weighted by Crippen LogP contribution is 2.35. The van der Waals surface area contributed by atoms with Crippen molar-refractivity contribution in [1.29, 1.82) is 0 Å². The molecule has 0 unspecified atom stereocenters. The average Bonchev–Trinajstić information content (AvgIpc) is 2.51. The molecular weight excluding hydrogens is 200 g/mol. The first kappa shape index (κ1) is 9.33. The van der Waals surface area contributed by atoms with Gasteiger partial charge >= 0.3 is 5.97 Å². The Labute approximate surface area is 85.5 Å². The van der Waals surface area contributed by atoms with Crippen molar-refractivity contribution < 1.29 is 9.90 Å². The van der Waals surface area contributed by atoms with Gasteiger partial charge in [0.15, 0.2) is 0 Å². The van der Waals surface area contributed by atoms with Crippen molar-refractivity contribution in [2.75, 3.05) is 5.73 Å². The van der Waals surface area contributed by atoms with Crippen LogP contribution in [0.4, 0.5) is 5.82 Å². The number of aromatic nitrogens is 1. The molecule has 1 aliphatic rings. The molecule has 0 spiro atoms. The van der Waals surface area contributed by atoms with Crippen molar-refractivity contribution >= 4 is 23.5 Å². The van der Waals surface area contributed by atoms with E-state index < -0.39 is 5.97 Å². The minimum atomic E-state index is -0.978. The van der Waals surface area contributed by atoms with Crippen LogP contribution in [0.2, 0.25) is 0 Å². The Morgan fingerprint density at radius 3 is 2.79 bits per heavy atom. The van der Waals surface area contributed by atoms with E-state index in [2.05, 4.69) is 4.98 Å². The lowest BCUT2D eigenvalue weighted by molar-refractivity contribution is 0.0697. The second-order valence-electron chi connectivity index (χ2n) is 3.21. The number of aryl methyl sites for hydroxylation is 1. The second-order valence-corrected chi connectivity index (χ2v) is 4.20. The number of hydrogen-bond donors (Lipinski definition) is 2. The van der Waals surface area contributed by atoms with Crippen molar-refractivity contribution in [3.05, 3.63) is 22.4 Å². The number of anilines is 1. The molecule has 1 aromatic heterocycles. The summed E-state index contributed by atoms with van der Waals surface area (Å²) in [6.45, 7) is 1.87. The van der Waals surface area contributed by atoms with Crippen LogP contribution in [-0.4, -0.2) is 16.1 Å². The summed E-state index contributed by atoms with van der Waals surface area (Å²) < 4.78 is 0. The van der Waals surface area contributed by atoms with E-state index in [1.54, 1.807) is 11.8 Å². The lowest BCUT2D eigenvalue weighted by Gasteiger charge is -2.08. The summed E-state index contributed by atoms with van der Waals surface area (Å²) in [5.74, 6) is 0.726. The van der Waals surface area contributed by atoms with Gasteiger partial charge < -0.3 is 10.8 Å². The van der Waals surface area contributed by atoms with Crippen molar-refractivity contribution in [2.24, 2.45) is 0 Å². The van der Waals surface area contributed by atoms with Crippen molar-refractivity contribution in [1.82, 2.24) is 4.98 Å². The van der Waals surface area contributed by atoms with E-state index in [-0.39, 0.29) is 11.4 Å². The molecule has 0 aliphatic carbocycles. The fourth-order valence-electron chi connectivity index (χ4n) is 1.67. The maximum atomic E-state index is 11.0. The zero-order valence-corrected chi connectivity index (χ0v) is 8.52. The number of hydrogen-bond acceptors (Lipinski definition) is 4. The minimum Gasteiger partial charge on any atom is -0.478 e. The maximum absolute atomic E-state index is 11.0. The van der Waals surface area contributed by atoms with Gasteiger partial charge in [-0.1, -0.05) is 0 Å². The number of nitrogens with two attached hydrogens (primary N) is 1. The summed E-state index contributed by atoms with van der Waals surface area (Å²) in [6.07, 6.45) is 0. The highest BCUT2D eigenvalue weighted by Gasteiger charge is 2.24. The van der Waals surface area contributed by atoms with Gasteiger partial charge in [-0.15, -0.1) is 0 Å². The smallest absolute Gasteiger partial charge is 0.339 e. The van der Waals surface area contributed by atoms with Gasteiger partial charge in [-0.3, -0.25) is 0 Å². The molecule has 0 atom stereocenters. The highest BCUT2D eigenvalue weighted by atomic mass is 32.2. The monoisotopic (exact) mass is 210 g/mol. The zero-order valence-electron chi connectivity index (χ0n) is 7.70. The lowest BCUT2D eigenvalue weighted by atomic mass is 10.0. The Kier molecular flexibility index (Phi) is 2.11. The first-order valence-electron chi connectivity index (χ1n) is 4.20. The van der Waals surface area contributed by atoms with Crippen LogP contribution in [0.25, 0.3) is 0 Å². The van der Waals surface area contributed by atoms with Gasteiger partial charge in [-0.05, 0) is 18.1 Å². The topological polar surface area (TPSA) is 76.2 Å². The Balaban J connectivity index is 2.72. The molecule has 2 rings (SSSR count). The molecule has 2 heterocycles. The Morgan fingerprint density at radius 2 is 2.14 bits per heavy atom. The zero-order chi connectivity index (χ0) is 10.3. The molecule has 0 saturated heterocycles. The molecule has 74 valence electrons. The highest BCUT2D eigenvalue weighted by molar-refractivity contribution is 7.98. The lowest BCUT2D eigenvalue weighted by Crippen LogP contribution is -2.10. The average molecular weight is 210 g/mol. The van der Waals surface area contributed by atoms with Crippen molar-refractivity contribution in [2.45, 2.75) is 18.4 Å². The van der Waals surface area contributed by atoms with Gasteiger partial charge in [0.2, 0.25) is 0 Å². The molecule has 0 saturated carbocycles. The van der Waals surface area contributed by atoms with Gasteiger partial charge in [0.25, 0.3) is 0 Å². The van der Waals surface area contributed by atoms with Crippen LogP contribution in [-0.2, 0) is 11.5 Å². The molecular formula is C9H10N2O2S. The van der Waals surface area contributed by atoms with E-state index >= 15 is 0 Å². The quantitative estimate of drug-likeness (QED) is 0.733. The minimum absolute atomic E-state index is 0.135. The summed E-state index contributed by atoms with van der Waals surface area (Å²) in [7, 11) is 0. The van der Waals surface area contributed by atoms with Crippen LogP contribution in [0, 0.1) is 6.92 Å². The number of thioether (sulfide) groups is 1. The first-order chi connectivity index (χ1) is 6.61. The summed E-state index contributed by atoms with van der Waals surface area (Å²) in [6, 6.07) is 0. The van der Waals surface area contributed by atoms with Gasteiger partial charge in [0.05, 0.1) is 0 Å². The van der Waals surface area contributed by atoms with Gasteiger partial charge in [-0.25, -0.2) is 9.78 Å². The van der Waals surface area contributed by atoms with Crippen LogP contribution in [0.3, 0.4) is 0 Å². The van der Waals surface area contributed by atoms with E-state index in [1.165, 1.54) is 0 Å². The van der Waals surface area contributed by atoms with E-state index in [1.807, 2.05) is 6.92 Å². The Bertz CT molecular complexity index is 418. The SMILES string of the molecule is Cc1nc(N)c(C(=O)O)c2c1CSC2. The predicted molar refractivity (Wildman–Crippen MR) is 55.3 cm³/mol. The second kappa shape index (κ2) is 3.16. The molecule has 5 heteroatoms. The van der Waals surface area contributed by atoms with Crippen molar-refractivity contribution in [3.63, 3.8) is 0 Å². The molecule has 0 bridgehead atoms. The molecule has 1 aliphatic heterocycles. The summed E-state index contributed by atoms with van der Waals surface area (Å²) in [5.41, 5.74) is 8.54. The summed E-state index contributed by atoms with van der Waals surface area (Å²) >= 11 is 1.70. The fourth-order valence-corrected chi connectivity index (χ4v) is 2.88. The van der Waals surface area contributed by atoms with Crippen LogP contribution in [0.15, 0.2) is 0 Å². The number of rotatable bonds is 1. The van der Waals surface area contributed by atoms with Crippen LogP contribution < -0.4 is 5.73 Å². The Hall–Kier alpha value is -1.23. The number of aromatic carboxylic acids is 1. The van der Waals surface area contributed by atoms with E-state index in [0.717, 1.165) is 28.3 Å². The fraction of sp³-hybridized carbons (Fsp3) is 0.333. The van der Waals surface area contributed by atoms with Crippen LogP contribution in [0.5, 0.6) is 0 Å². The first-order valence-corrected chi connectivity index (χ1v) is 5.35. The molecule has 14 heavy (non-hydrogen) atoms. The third-order valence-corrected chi connectivity index (χ3v) is 3.34. The number of carboxylic acid groups (broad SMARTS) is 1. The van der Waals surface area contributed by atoms with Crippen LogP contribution >= 0.6 is 11.8 Å². The summed E-state index contributed by atoms with van der Waals surface area (Å²) in [4.78, 5) is 15.0. The number of nitrogen functional groups attached to an aromatic ring is 1. The molecule has 3 N–H and O–H groups in total. The molecule has 0 radical (unpaired) electrons. The number of carboxylic acids is 1. The maximum Gasteiger partial charge on any atom is 0.339 e. The molecule has 0 amide bonds. The van der Waals surface area contributed by atoms with E-state index in [9.17, 15) is 4.79 Å². The largest absolute Gasteiger partial charge is 0.478 e. The molecule has 0 fully saturated rings. The Morgan fingerprint density at radius 1 is 1.50 bits per heavy atom. The molecule has 4 nitrogen and oxygen atoms in total. The van der Waals surface area contributed by atoms with Gasteiger partial charge in [0, 0.05) is 17.2 Å². The third-order valence-electron chi connectivity index (χ3n) is 2.35. The van der Waals surface area contributed by atoms with Crippen LogP contribution in [0.1, 0.15) is 27.2 Å². The number of nitrogens with zero attached hydrogens (tertiary/aromatic N) is 1. The third kappa shape index (κ3) is 1.24. The predicted octanol–water partition coefficient (Wildman–Crippen LogP) is 1.42. The van der Waals surface area contributed by atoms with E-state index in [4.69, 9.17) is 10.8 Å².